The van der Waals surface area contributed by atoms with Crippen LogP contribution in [0.1, 0.15) is 59.0 Å². The zero-order valence-electron chi connectivity index (χ0n) is 14.6. The highest BCUT2D eigenvalue weighted by molar-refractivity contribution is 7.91. The van der Waals surface area contributed by atoms with Gasteiger partial charge < -0.3 is 9.30 Å². The molecule has 7 nitrogen and oxygen atoms in total. The van der Waals surface area contributed by atoms with Crippen molar-refractivity contribution < 1.29 is 17.9 Å². The molecule has 130 valence electrons. The lowest BCUT2D eigenvalue weighted by molar-refractivity contribution is 0.0236. The first-order chi connectivity index (χ1) is 10.5. The van der Waals surface area contributed by atoms with Crippen molar-refractivity contribution in [2.24, 2.45) is 0 Å². The van der Waals surface area contributed by atoms with Gasteiger partial charge in [-0.1, -0.05) is 6.92 Å². The molecule has 0 aliphatic carbocycles. The van der Waals surface area contributed by atoms with Crippen LogP contribution in [0.25, 0.3) is 0 Å². The molecule has 1 amide bonds. The molecule has 2 rings (SSSR count). The molecule has 0 N–H and O–H groups in total. The third-order valence-electron chi connectivity index (χ3n) is 3.57. The second kappa shape index (κ2) is 5.81. The Morgan fingerprint density at radius 1 is 1.30 bits per heavy atom. The summed E-state index contributed by atoms with van der Waals surface area (Å²) in [5, 5.41) is 0.101. The van der Waals surface area contributed by atoms with Crippen molar-refractivity contribution in [2.75, 3.05) is 5.75 Å². The summed E-state index contributed by atoms with van der Waals surface area (Å²) in [5.74, 6) is 0.00535. The standard InChI is InChI=1S/C15H25N3O4S/c1-7-23(20,21)13-16-11-8-17(14(19)22-15(4,5)6)9-12(11)18(13)10(2)3/h10H,7-9H2,1-6H3. The third kappa shape index (κ3) is 3.52. The molecule has 0 spiro atoms. The average Bonchev–Trinajstić information content (AvgIpc) is 2.93. The minimum atomic E-state index is -3.40. The van der Waals surface area contributed by atoms with Gasteiger partial charge in [-0.25, -0.2) is 18.2 Å². The normalized spacial score (nSPS) is 15.2. The fraction of sp³-hybridized carbons (Fsp3) is 0.733. The topological polar surface area (TPSA) is 81.5 Å². The molecule has 0 radical (unpaired) electrons. The van der Waals surface area contributed by atoms with Crippen LogP contribution in [0.15, 0.2) is 5.16 Å². The van der Waals surface area contributed by atoms with Gasteiger partial charge in [-0.15, -0.1) is 0 Å². The first-order valence-corrected chi connectivity index (χ1v) is 9.42. The summed E-state index contributed by atoms with van der Waals surface area (Å²) in [6.07, 6.45) is -0.411. The number of amides is 1. The van der Waals surface area contributed by atoms with Gasteiger partial charge in [0, 0.05) is 6.04 Å². The van der Waals surface area contributed by atoms with Gasteiger partial charge in [0.1, 0.15) is 5.60 Å². The molecule has 0 bridgehead atoms. The summed E-state index contributed by atoms with van der Waals surface area (Å²) in [6.45, 7) is 11.4. The van der Waals surface area contributed by atoms with Crippen molar-refractivity contribution in [3.63, 3.8) is 0 Å². The number of hydrogen-bond acceptors (Lipinski definition) is 5. The summed E-state index contributed by atoms with van der Waals surface area (Å²) in [6, 6.07) is -0.0545. The van der Waals surface area contributed by atoms with Crippen LogP contribution < -0.4 is 0 Å². The van der Waals surface area contributed by atoms with E-state index in [-0.39, 0.29) is 23.5 Å². The zero-order chi connectivity index (χ0) is 17.6. The molecule has 1 aromatic heterocycles. The van der Waals surface area contributed by atoms with Gasteiger partial charge in [0.05, 0.1) is 30.2 Å². The second-order valence-electron chi connectivity index (χ2n) is 6.99. The van der Waals surface area contributed by atoms with Crippen LogP contribution in [-0.4, -0.2) is 40.3 Å². The van der Waals surface area contributed by atoms with Crippen LogP contribution in [0.3, 0.4) is 0 Å². The summed E-state index contributed by atoms with van der Waals surface area (Å²) in [4.78, 5) is 18.0. The summed E-state index contributed by atoms with van der Waals surface area (Å²) >= 11 is 0. The number of fused-ring (bicyclic) bond motifs is 1. The predicted molar refractivity (Wildman–Crippen MR) is 85.8 cm³/mol. The number of nitrogens with zero attached hydrogens (tertiary/aromatic N) is 3. The van der Waals surface area contributed by atoms with Gasteiger partial charge in [0.15, 0.2) is 0 Å². The number of sulfone groups is 1. The Morgan fingerprint density at radius 2 is 1.91 bits per heavy atom. The molecule has 0 aromatic carbocycles. The molecular weight excluding hydrogens is 318 g/mol. The van der Waals surface area contributed by atoms with E-state index < -0.39 is 21.5 Å². The number of imidazole rings is 1. The highest BCUT2D eigenvalue weighted by Crippen LogP contribution is 2.30. The number of ether oxygens (including phenoxy) is 1. The summed E-state index contributed by atoms with van der Waals surface area (Å²) in [5.41, 5.74) is 0.844. The Labute approximate surface area is 137 Å². The van der Waals surface area contributed by atoms with E-state index in [4.69, 9.17) is 4.74 Å². The molecule has 8 heteroatoms. The maximum atomic E-state index is 12.2. The number of aromatic nitrogens is 2. The molecule has 0 saturated carbocycles. The van der Waals surface area contributed by atoms with Gasteiger partial charge in [0.2, 0.25) is 15.0 Å². The molecule has 0 atom stereocenters. The SMILES string of the molecule is CCS(=O)(=O)c1nc2c(n1C(C)C)CN(C(=O)OC(C)(C)C)C2. The molecular formula is C15H25N3O4S. The van der Waals surface area contributed by atoms with Crippen molar-refractivity contribution >= 4 is 15.9 Å². The number of rotatable bonds is 3. The summed E-state index contributed by atoms with van der Waals surface area (Å²) in [7, 11) is -3.40. The molecule has 1 aliphatic rings. The third-order valence-corrected chi connectivity index (χ3v) is 5.17. The lowest BCUT2D eigenvalue weighted by Crippen LogP contribution is -2.34. The number of hydrogen-bond donors (Lipinski definition) is 0. The molecule has 0 fully saturated rings. The van der Waals surface area contributed by atoms with E-state index in [1.165, 1.54) is 0 Å². The minimum absolute atomic E-state index is 0.00535. The highest BCUT2D eigenvalue weighted by atomic mass is 32.2. The monoisotopic (exact) mass is 343 g/mol. The van der Waals surface area contributed by atoms with E-state index in [1.807, 2.05) is 34.6 Å². The average molecular weight is 343 g/mol. The Balaban J connectivity index is 2.34. The van der Waals surface area contributed by atoms with Crippen LogP contribution >= 0.6 is 0 Å². The Kier molecular flexibility index (Phi) is 4.49. The minimum Gasteiger partial charge on any atom is -0.444 e. The first-order valence-electron chi connectivity index (χ1n) is 7.77. The Hall–Kier alpha value is -1.57. The van der Waals surface area contributed by atoms with E-state index in [1.54, 1.807) is 16.4 Å². The molecule has 2 heterocycles. The molecule has 0 saturated heterocycles. The number of carbonyl (C=O) groups is 1. The van der Waals surface area contributed by atoms with Crippen LogP contribution in [-0.2, 0) is 27.7 Å². The highest BCUT2D eigenvalue weighted by Gasteiger charge is 2.35. The van der Waals surface area contributed by atoms with E-state index in [0.29, 0.717) is 12.2 Å². The molecule has 1 aromatic rings. The maximum absolute atomic E-state index is 12.2. The molecule has 0 unspecified atom stereocenters. The largest absolute Gasteiger partial charge is 0.444 e. The van der Waals surface area contributed by atoms with Crippen LogP contribution in [0, 0.1) is 0 Å². The van der Waals surface area contributed by atoms with Gasteiger partial charge in [-0.2, -0.15) is 0 Å². The number of carbonyl (C=O) groups excluding carboxylic acids is 1. The zero-order valence-corrected chi connectivity index (χ0v) is 15.4. The quantitative estimate of drug-likeness (QED) is 0.842. The van der Waals surface area contributed by atoms with Crippen molar-refractivity contribution in [3.05, 3.63) is 11.4 Å². The van der Waals surface area contributed by atoms with E-state index in [2.05, 4.69) is 4.98 Å². The Bertz CT molecular complexity index is 714. The van der Waals surface area contributed by atoms with Crippen molar-refractivity contribution in [2.45, 2.75) is 71.4 Å². The maximum Gasteiger partial charge on any atom is 0.410 e. The smallest absolute Gasteiger partial charge is 0.410 e. The predicted octanol–water partition coefficient (Wildman–Crippen LogP) is 2.51. The lowest BCUT2D eigenvalue weighted by Gasteiger charge is -2.24. The lowest BCUT2D eigenvalue weighted by atomic mass is 10.2. The first kappa shape index (κ1) is 17.8. The fourth-order valence-electron chi connectivity index (χ4n) is 2.54. The molecule has 23 heavy (non-hydrogen) atoms. The summed E-state index contributed by atoms with van der Waals surface area (Å²) < 4.78 is 31.6. The van der Waals surface area contributed by atoms with Gasteiger partial charge in [-0.05, 0) is 34.6 Å². The van der Waals surface area contributed by atoms with Crippen LogP contribution in [0.4, 0.5) is 4.79 Å². The van der Waals surface area contributed by atoms with Crippen LogP contribution in [0.5, 0.6) is 0 Å². The van der Waals surface area contributed by atoms with Crippen LogP contribution in [0.2, 0.25) is 0 Å². The Morgan fingerprint density at radius 3 is 2.39 bits per heavy atom. The van der Waals surface area contributed by atoms with Gasteiger partial charge >= 0.3 is 6.09 Å². The van der Waals surface area contributed by atoms with Gasteiger partial charge in [0.25, 0.3) is 0 Å². The van der Waals surface area contributed by atoms with Crippen molar-refractivity contribution in [1.29, 1.82) is 0 Å². The van der Waals surface area contributed by atoms with E-state index in [0.717, 1.165) is 5.69 Å². The van der Waals surface area contributed by atoms with Gasteiger partial charge in [-0.3, -0.25) is 4.90 Å². The van der Waals surface area contributed by atoms with Crippen molar-refractivity contribution in [3.8, 4) is 0 Å². The molecule has 1 aliphatic heterocycles. The van der Waals surface area contributed by atoms with E-state index >= 15 is 0 Å². The second-order valence-corrected chi connectivity index (χ2v) is 9.16. The van der Waals surface area contributed by atoms with Crippen molar-refractivity contribution in [1.82, 2.24) is 14.5 Å². The van der Waals surface area contributed by atoms with E-state index in [9.17, 15) is 13.2 Å². The fourth-order valence-corrected chi connectivity index (χ4v) is 3.66.